The van der Waals surface area contributed by atoms with E-state index < -0.39 is 0 Å². The highest BCUT2D eigenvalue weighted by Gasteiger charge is 2.37. The summed E-state index contributed by atoms with van der Waals surface area (Å²) in [7, 11) is 0. The van der Waals surface area contributed by atoms with E-state index in [1.165, 1.54) is 0 Å². The highest BCUT2D eigenvalue weighted by atomic mass is 16.3. The van der Waals surface area contributed by atoms with E-state index in [9.17, 15) is 4.79 Å². The van der Waals surface area contributed by atoms with Gasteiger partial charge in [-0.3, -0.25) is 4.79 Å². The number of hydrogen-bond donors (Lipinski definition) is 1. The molecule has 2 atom stereocenters. The molecule has 2 unspecified atom stereocenters. The minimum absolute atomic E-state index is 0.274. The van der Waals surface area contributed by atoms with Crippen molar-refractivity contribution in [2.24, 2.45) is 11.8 Å². The third kappa shape index (κ3) is 2.22. The smallest absolute Gasteiger partial charge is 0.223 e. The van der Waals surface area contributed by atoms with Crippen LogP contribution in [-0.4, -0.2) is 37.0 Å². The second-order valence-electron chi connectivity index (χ2n) is 5.06. The summed E-state index contributed by atoms with van der Waals surface area (Å²) in [4.78, 5) is 14.1. The number of likely N-dealkylation sites (tertiary alicyclic amines) is 1. The Hall–Kier alpha value is -1.29. The van der Waals surface area contributed by atoms with Gasteiger partial charge in [-0.2, -0.15) is 0 Å². The molecular formula is C13H18N2O2. The van der Waals surface area contributed by atoms with E-state index in [-0.39, 0.29) is 5.91 Å². The Balaban J connectivity index is 1.50. The van der Waals surface area contributed by atoms with Crippen LogP contribution in [0.4, 0.5) is 0 Å². The molecule has 3 rings (SSSR count). The topological polar surface area (TPSA) is 45.5 Å². The van der Waals surface area contributed by atoms with Gasteiger partial charge in [0, 0.05) is 39.0 Å². The monoisotopic (exact) mass is 234 g/mol. The van der Waals surface area contributed by atoms with Crippen molar-refractivity contribution in [2.75, 3.05) is 26.2 Å². The molecule has 92 valence electrons. The lowest BCUT2D eigenvalue weighted by molar-refractivity contribution is -0.130. The predicted molar refractivity (Wildman–Crippen MR) is 63.5 cm³/mol. The fourth-order valence-corrected chi connectivity index (χ4v) is 2.90. The highest BCUT2D eigenvalue weighted by Crippen LogP contribution is 2.26. The Morgan fingerprint density at radius 3 is 2.82 bits per heavy atom. The van der Waals surface area contributed by atoms with E-state index in [0.717, 1.165) is 38.4 Å². The van der Waals surface area contributed by atoms with Crippen LogP contribution in [0.5, 0.6) is 0 Å². The minimum Gasteiger partial charge on any atom is -0.469 e. The Morgan fingerprint density at radius 1 is 1.41 bits per heavy atom. The summed E-state index contributed by atoms with van der Waals surface area (Å²) in [6.45, 7) is 4.03. The molecule has 2 aliphatic rings. The molecule has 4 heteroatoms. The molecule has 4 nitrogen and oxygen atoms in total. The fourth-order valence-electron chi connectivity index (χ4n) is 2.90. The average molecular weight is 234 g/mol. The average Bonchev–Trinajstić information content (AvgIpc) is 3.01. The molecule has 2 fully saturated rings. The van der Waals surface area contributed by atoms with Crippen LogP contribution in [0.3, 0.4) is 0 Å². The van der Waals surface area contributed by atoms with Crippen LogP contribution >= 0.6 is 0 Å². The SMILES string of the molecule is O=C(CCc1ccco1)N1CC2CNCC2C1. The summed E-state index contributed by atoms with van der Waals surface area (Å²) in [5.74, 6) is 2.54. The molecule has 3 heterocycles. The third-order valence-corrected chi connectivity index (χ3v) is 3.91. The summed E-state index contributed by atoms with van der Waals surface area (Å²) in [5, 5.41) is 3.39. The third-order valence-electron chi connectivity index (χ3n) is 3.91. The maximum atomic E-state index is 12.0. The molecule has 1 aromatic rings. The van der Waals surface area contributed by atoms with Crippen molar-refractivity contribution in [2.45, 2.75) is 12.8 Å². The van der Waals surface area contributed by atoms with Gasteiger partial charge in [-0.15, -0.1) is 0 Å². The predicted octanol–water partition coefficient (Wildman–Crippen LogP) is 0.890. The summed E-state index contributed by atoms with van der Waals surface area (Å²) < 4.78 is 5.24. The first-order valence-corrected chi connectivity index (χ1v) is 6.34. The standard InChI is InChI=1S/C13H18N2O2/c16-13(4-3-12-2-1-5-17-12)15-8-10-6-14-7-11(10)9-15/h1-2,5,10-11,14H,3-4,6-9H2. The zero-order valence-corrected chi connectivity index (χ0v) is 9.89. The van der Waals surface area contributed by atoms with Gasteiger partial charge in [-0.1, -0.05) is 0 Å². The normalized spacial score (nSPS) is 27.4. The molecule has 1 aromatic heterocycles. The fraction of sp³-hybridized carbons (Fsp3) is 0.615. The molecule has 1 amide bonds. The molecule has 2 aliphatic heterocycles. The maximum absolute atomic E-state index is 12.0. The summed E-state index contributed by atoms with van der Waals surface area (Å²) in [6.07, 6.45) is 2.95. The van der Waals surface area contributed by atoms with Gasteiger partial charge in [0.25, 0.3) is 0 Å². The van der Waals surface area contributed by atoms with E-state index >= 15 is 0 Å². The lowest BCUT2D eigenvalue weighted by Gasteiger charge is -2.17. The first kappa shape index (κ1) is 10.8. The number of rotatable bonds is 3. The first-order chi connectivity index (χ1) is 8.33. The van der Waals surface area contributed by atoms with Crippen LogP contribution in [0.15, 0.2) is 22.8 Å². The molecule has 0 bridgehead atoms. The lowest BCUT2D eigenvalue weighted by Crippen LogP contribution is -2.31. The van der Waals surface area contributed by atoms with Gasteiger partial charge in [0.1, 0.15) is 5.76 Å². The van der Waals surface area contributed by atoms with Gasteiger partial charge in [0.2, 0.25) is 5.91 Å². The molecular weight excluding hydrogens is 216 g/mol. The Kier molecular flexibility index (Phi) is 2.89. The second kappa shape index (κ2) is 4.53. The second-order valence-corrected chi connectivity index (χ2v) is 5.06. The number of furan rings is 1. The Labute approximate surface area is 101 Å². The number of carbonyl (C=O) groups excluding carboxylic acids is 1. The van der Waals surface area contributed by atoms with Crippen molar-refractivity contribution < 1.29 is 9.21 Å². The number of carbonyl (C=O) groups is 1. The highest BCUT2D eigenvalue weighted by molar-refractivity contribution is 5.76. The zero-order chi connectivity index (χ0) is 11.7. The number of hydrogen-bond acceptors (Lipinski definition) is 3. The van der Waals surface area contributed by atoms with Crippen LogP contribution in [-0.2, 0) is 11.2 Å². The number of nitrogens with zero attached hydrogens (tertiary/aromatic N) is 1. The lowest BCUT2D eigenvalue weighted by atomic mass is 10.0. The van der Waals surface area contributed by atoms with Gasteiger partial charge in [-0.25, -0.2) is 0 Å². The van der Waals surface area contributed by atoms with Gasteiger partial charge in [-0.05, 0) is 24.0 Å². The van der Waals surface area contributed by atoms with E-state index in [4.69, 9.17) is 4.42 Å². The minimum atomic E-state index is 0.274. The number of fused-ring (bicyclic) bond motifs is 1. The van der Waals surface area contributed by atoms with E-state index in [0.29, 0.717) is 18.3 Å². The van der Waals surface area contributed by atoms with Crippen molar-refractivity contribution in [1.29, 1.82) is 0 Å². The largest absolute Gasteiger partial charge is 0.469 e. The van der Waals surface area contributed by atoms with Crippen LogP contribution < -0.4 is 5.32 Å². The van der Waals surface area contributed by atoms with Crippen LogP contribution in [0.25, 0.3) is 0 Å². The quantitative estimate of drug-likeness (QED) is 0.845. The molecule has 0 aromatic carbocycles. The number of nitrogens with one attached hydrogen (secondary N) is 1. The molecule has 2 saturated heterocycles. The van der Waals surface area contributed by atoms with Gasteiger partial charge in [0.05, 0.1) is 6.26 Å². The summed E-state index contributed by atoms with van der Waals surface area (Å²) in [5.41, 5.74) is 0. The summed E-state index contributed by atoms with van der Waals surface area (Å²) in [6, 6.07) is 3.79. The van der Waals surface area contributed by atoms with Crippen LogP contribution in [0.1, 0.15) is 12.2 Å². The Bertz CT molecular complexity index is 376. The van der Waals surface area contributed by atoms with Gasteiger partial charge >= 0.3 is 0 Å². The Morgan fingerprint density at radius 2 is 2.18 bits per heavy atom. The number of amides is 1. The van der Waals surface area contributed by atoms with Crippen LogP contribution in [0.2, 0.25) is 0 Å². The summed E-state index contributed by atoms with van der Waals surface area (Å²) >= 11 is 0. The van der Waals surface area contributed by atoms with Gasteiger partial charge < -0.3 is 14.6 Å². The van der Waals surface area contributed by atoms with Crippen molar-refractivity contribution in [3.05, 3.63) is 24.2 Å². The molecule has 0 aliphatic carbocycles. The van der Waals surface area contributed by atoms with E-state index in [1.807, 2.05) is 17.0 Å². The molecule has 0 spiro atoms. The van der Waals surface area contributed by atoms with Gasteiger partial charge in [0.15, 0.2) is 0 Å². The molecule has 1 N–H and O–H groups in total. The number of aryl methyl sites for hydroxylation is 1. The van der Waals surface area contributed by atoms with Crippen molar-refractivity contribution in [3.63, 3.8) is 0 Å². The molecule has 17 heavy (non-hydrogen) atoms. The van der Waals surface area contributed by atoms with Crippen molar-refractivity contribution in [1.82, 2.24) is 10.2 Å². The van der Waals surface area contributed by atoms with E-state index in [1.54, 1.807) is 6.26 Å². The zero-order valence-electron chi connectivity index (χ0n) is 9.89. The van der Waals surface area contributed by atoms with Crippen LogP contribution in [0, 0.1) is 11.8 Å². The molecule has 0 radical (unpaired) electrons. The van der Waals surface area contributed by atoms with Crippen molar-refractivity contribution in [3.8, 4) is 0 Å². The van der Waals surface area contributed by atoms with E-state index in [2.05, 4.69) is 5.32 Å². The first-order valence-electron chi connectivity index (χ1n) is 6.34. The maximum Gasteiger partial charge on any atom is 0.223 e. The molecule has 0 saturated carbocycles. The van der Waals surface area contributed by atoms with Crippen molar-refractivity contribution >= 4 is 5.91 Å².